The summed E-state index contributed by atoms with van der Waals surface area (Å²) in [6.07, 6.45) is 2.39. The summed E-state index contributed by atoms with van der Waals surface area (Å²) in [5.74, 6) is -1.30. The van der Waals surface area contributed by atoms with Crippen molar-refractivity contribution in [3.05, 3.63) is 101 Å². The first-order valence-corrected chi connectivity index (χ1v) is 10.6. The predicted molar refractivity (Wildman–Crippen MR) is 134 cm³/mol. The summed E-state index contributed by atoms with van der Waals surface area (Å²) in [5, 5.41) is 2.67. The highest BCUT2D eigenvalue weighted by Crippen LogP contribution is 2.36. The lowest BCUT2D eigenvalue weighted by atomic mass is 9.98. The first-order valence-electron chi connectivity index (χ1n) is 10.6. The van der Waals surface area contributed by atoms with Crippen LogP contribution >= 0.6 is 12.4 Å². The summed E-state index contributed by atoms with van der Waals surface area (Å²) in [6.45, 7) is 0.480. The van der Waals surface area contributed by atoms with Gasteiger partial charge in [-0.1, -0.05) is 48.5 Å². The van der Waals surface area contributed by atoms with E-state index in [-0.39, 0.29) is 23.9 Å². The van der Waals surface area contributed by atoms with Crippen LogP contribution in [-0.4, -0.2) is 30.2 Å². The molecule has 172 valence electrons. The van der Waals surface area contributed by atoms with Gasteiger partial charge in [0.1, 0.15) is 5.82 Å². The fraction of sp³-hybridized carbons (Fsp3) is 0.115. The van der Waals surface area contributed by atoms with Gasteiger partial charge in [0.2, 0.25) is 12.1 Å². The number of hydrogen-bond acceptors (Lipinski definition) is 4. The van der Waals surface area contributed by atoms with Gasteiger partial charge in [0, 0.05) is 29.4 Å². The number of anilines is 2. The second-order valence-corrected chi connectivity index (χ2v) is 7.88. The Bertz CT molecular complexity index is 1340. The van der Waals surface area contributed by atoms with Gasteiger partial charge in [0.25, 0.3) is 5.91 Å². The molecule has 3 N–H and O–H groups in total. The van der Waals surface area contributed by atoms with Crippen molar-refractivity contribution in [1.82, 2.24) is 5.32 Å². The summed E-state index contributed by atoms with van der Waals surface area (Å²) in [5.41, 5.74) is 10.2. The zero-order valence-corrected chi connectivity index (χ0v) is 18.9. The molecule has 0 unspecified atom stereocenters. The van der Waals surface area contributed by atoms with E-state index in [1.165, 1.54) is 12.1 Å². The van der Waals surface area contributed by atoms with Crippen LogP contribution in [-0.2, 0) is 16.0 Å². The van der Waals surface area contributed by atoms with E-state index in [4.69, 9.17) is 5.73 Å². The van der Waals surface area contributed by atoms with Crippen LogP contribution in [0.1, 0.15) is 22.3 Å². The van der Waals surface area contributed by atoms with E-state index in [0.29, 0.717) is 35.5 Å². The molecule has 0 saturated heterocycles. The Labute approximate surface area is 202 Å². The number of para-hydroxylation sites is 2. The highest BCUT2D eigenvalue weighted by molar-refractivity contribution is 6.21. The van der Waals surface area contributed by atoms with E-state index in [9.17, 15) is 14.0 Å². The second kappa shape index (κ2) is 9.49. The van der Waals surface area contributed by atoms with Gasteiger partial charge in [0.15, 0.2) is 0 Å². The van der Waals surface area contributed by atoms with E-state index in [0.717, 1.165) is 11.3 Å². The summed E-state index contributed by atoms with van der Waals surface area (Å²) in [6, 6.07) is 19.1. The van der Waals surface area contributed by atoms with Crippen molar-refractivity contribution < 1.29 is 14.0 Å². The molecule has 0 bridgehead atoms. The van der Waals surface area contributed by atoms with Gasteiger partial charge >= 0.3 is 0 Å². The molecule has 3 aromatic rings. The first-order chi connectivity index (χ1) is 16.0. The third-order valence-corrected chi connectivity index (χ3v) is 5.83. The number of nitrogens with two attached hydrogens (primary N) is 1. The molecule has 2 amide bonds. The monoisotopic (exact) mass is 476 g/mol. The number of amides is 2. The highest BCUT2D eigenvalue weighted by Gasteiger charge is 2.37. The fourth-order valence-corrected chi connectivity index (χ4v) is 4.24. The minimum Gasteiger partial charge on any atom is -0.398 e. The SMILES string of the molecule is Cl.Nc1ccccc1/C=C/C(=O)N[C@H]1N=C(c2ccccc2F)c2cccc3c2N(CC3)C1=O. The molecule has 1 atom stereocenters. The molecule has 0 radical (unpaired) electrons. The molecule has 5 rings (SSSR count). The van der Waals surface area contributed by atoms with Gasteiger partial charge in [-0.15, -0.1) is 12.4 Å². The number of hydrogen-bond donors (Lipinski definition) is 2. The molecule has 0 aliphatic carbocycles. The molecular formula is C26H22ClFN4O2. The Balaban J connectivity index is 0.00000274. The highest BCUT2D eigenvalue weighted by atomic mass is 35.5. The molecule has 8 heteroatoms. The minimum absolute atomic E-state index is 0. The average molecular weight is 477 g/mol. The summed E-state index contributed by atoms with van der Waals surface area (Å²) in [4.78, 5) is 32.2. The van der Waals surface area contributed by atoms with Crippen molar-refractivity contribution in [2.75, 3.05) is 17.2 Å². The number of benzene rings is 3. The van der Waals surface area contributed by atoms with Gasteiger partial charge in [0.05, 0.1) is 11.4 Å². The molecule has 34 heavy (non-hydrogen) atoms. The van der Waals surface area contributed by atoms with Crippen LogP contribution < -0.4 is 16.0 Å². The Kier molecular flexibility index (Phi) is 6.47. The van der Waals surface area contributed by atoms with Crippen molar-refractivity contribution in [3.8, 4) is 0 Å². The first kappa shape index (κ1) is 23.2. The molecule has 2 aliphatic rings. The number of nitrogens with zero attached hydrogens (tertiary/aromatic N) is 2. The molecule has 3 aromatic carbocycles. The summed E-state index contributed by atoms with van der Waals surface area (Å²) >= 11 is 0. The van der Waals surface area contributed by atoms with Crippen LogP contribution in [0, 0.1) is 5.82 Å². The summed E-state index contributed by atoms with van der Waals surface area (Å²) < 4.78 is 14.8. The molecule has 0 saturated carbocycles. The van der Waals surface area contributed by atoms with E-state index in [2.05, 4.69) is 10.3 Å². The lowest BCUT2D eigenvalue weighted by Gasteiger charge is -2.20. The van der Waals surface area contributed by atoms with Crippen molar-refractivity contribution in [2.24, 2.45) is 4.99 Å². The number of nitrogen functional groups attached to an aromatic ring is 1. The molecule has 2 aliphatic heterocycles. The largest absolute Gasteiger partial charge is 0.398 e. The number of nitrogens with one attached hydrogen (secondary N) is 1. The van der Waals surface area contributed by atoms with Crippen molar-refractivity contribution >= 4 is 47.4 Å². The molecule has 0 aromatic heterocycles. The van der Waals surface area contributed by atoms with Crippen molar-refractivity contribution in [2.45, 2.75) is 12.6 Å². The third-order valence-electron chi connectivity index (χ3n) is 5.83. The maximum Gasteiger partial charge on any atom is 0.272 e. The zero-order chi connectivity index (χ0) is 22.9. The standard InChI is InChI=1S/C26H21FN4O2.ClH/c27-20-10-3-2-8-18(20)23-19-9-5-7-17-14-15-31(24(17)19)26(33)25(30-23)29-22(32)13-12-16-6-1-4-11-21(16)28;/h1-13,25H,14-15,28H2,(H,29,32);1H/b13-12+;/t25-;/m0./s1. The van der Waals surface area contributed by atoms with Crippen molar-refractivity contribution in [1.29, 1.82) is 0 Å². The molecular weight excluding hydrogens is 455 g/mol. The molecule has 0 spiro atoms. The van der Waals surface area contributed by atoms with Crippen LogP contribution in [0.3, 0.4) is 0 Å². The molecule has 6 nitrogen and oxygen atoms in total. The van der Waals surface area contributed by atoms with E-state index >= 15 is 0 Å². The Morgan fingerprint density at radius 1 is 1.06 bits per heavy atom. The maximum atomic E-state index is 14.8. The maximum absolute atomic E-state index is 14.8. The lowest BCUT2D eigenvalue weighted by Crippen LogP contribution is -2.46. The van der Waals surface area contributed by atoms with Crippen molar-refractivity contribution in [3.63, 3.8) is 0 Å². The van der Waals surface area contributed by atoms with Gasteiger partial charge in [-0.3, -0.25) is 9.59 Å². The average Bonchev–Trinajstić information content (AvgIpc) is 3.21. The number of halogens is 2. The van der Waals surface area contributed by atoms with Gasteiger partial charge < -0.3 is 16.0 Å². The van der Waals surface area contributed by atoms with Crippen LogP contribution in [0.15, 0.2) is 77.8 Å². The normalized spacial score (nSPS) is 16.5. The Morgan fingerprint density at radius 3 is 2.59 bits per heavy atom. The number of carbonyl (C=O) groups is 2. The van der Waals surface area contributed by atoms with Crippen LogP contribution in [0.5, 0.6) is 0 Å². The lowest BCUT2D eigenvalue weighted by molar-refractivity contribution is -0.125. The van der Waals surface area contributed by atoms with Crippen LogP contribution in [0.25, 0.3) is 6.08 Å². The van der Waals surface area contributed by atoms with E-state index in [1.54, 1.807) is 47.4 Å². The minimum atomic E-state index is -1.19. The quantitative estimate of drug-likeness (QED) is 0.444. The van der Waals surface area contributed by atoms with Gasteiger partial charge in [-0.05, 0) is 41.8 Å². The van der Waals surface area contributed by atoms with Crippen LogP contribution in [0.2, 0.25) is 0 Å². The van der Waals surface area contributed by atoms with Gasteiger partial charge in [-0.2, -0.15) is 0 Å². The Hall–Kier alpha value is -3.97. The number of aliphatic imine (C=N–C) groups is 1. The van der Waals surface area contributed by atoms with E-state index in [1.807, 2.05) is 24.3 Å². The smallest absolute Gasteiger partial charge is 0.272 e. The molecule has 0 fully saturated rings. The zero-order valence-electron chi connectivity index (χ0n) is 18.1. The predicted octanol–water partition coefficient (Wildman–Crippen LogP) is 3.73. The third kappa shape index (κ3) is 4.18. The molecule has 2 heterocycles. The number of carbonyl (C=O) groups excluding carboxylic acids is 2. The number of rotatable bonds is 4. The topological polar surface area (TPSA) is 87.8 Å². The fourth-order valence-electron chi connectivity index (χ4n) is 4.24. The Morgan fingerprint density at radius 2 is 1.79 bits per heavy atom. The van der Waals surface area contributed by atoms with E-state index < -0.39 is 17.9 Å². The summed E-state index contributed by atoms with van der Waals surface area (Å²) in [7, 11) is 0. The van der Waals surface area contributed by atoms with Gasteiger partial charge in [-0.25, -0.2) is 9.38 Å². The second-order valence-electron chi connectivity index (χ2n) is 7.88. The van der Waals surface area contributed by atoms with Crippen LogP contribution in [0.4, 0.5) is 15.8 Å².